The zero-order chi connectivity index (χ0) is 13.4. The summed E-state index contributed by atoms with van der Waals surface area (Å²) in [6, 6.07) is 0. The van der Waals surface area contributed by atoms with Gasteiger partial charge in [0, 0.05) is 6.42 Å². The van der Waals surface area contributed by atoms with Gasteiger partial charge in [-0.05, 0) is 49.9 Å². The molecule has 19 heavy (non-hydrogen) atoms. The normalized spacial score (nSPS) is 63.8. The van der Waals surface area contributed by atoms with Gasteiger partial charge in [0.2, 0.25) is 0 Å². The Balaban J connectivity index is 1.76. The number of hydrogen-bond donors (Lipinski definition) is 1. The molecule has 0 unspecified atom stereocenters. The van der Waals surface area contributed by atoms with E-state index in [9.17, 15) is 5.11 Å². The van der Waals surface area contributed by atoms with Crippen LogP contribution in [-0.2, 0) is 9.47 Å². The Morgan fingerprint density at radius 1 is 1.05 bits per heavy atom. The van der Waals surface area contributed by atoms with Gasteiger partial charge in [-0.1, -0.05) is 13.8 Å². The first-order valence-electron chi connectivity index (χ1n) is 7.97. The summed E-state index contributed by atoms with van der Waals surface area (Å²) in [7, 11) is 0. The first-order valence-corrected chi connectivity index (χ1v) is 7.97. The fourth-order valence-corrected chi connectivity index (χ4v) is 5.35. The highest BCUT2D eigenvalue weighted by atomic mass is 16.6. The Morgan fingerprint density at radius 3 is 2.63 bits per heavy atom. The maximum absolute atomic E-state index is 11.6. The summed E-state index contributed by atoms with van der Waals surface area (Å²) >= 11 is 0. The minimum Gasteiger partial charge on any atom is -0.387 e. The van der Waals surface area contributed by atoms with Gasteiger partial charge < -0.3 is 14.6 Å². The van der Waals surface area contributed by atoms with E-state index in [4.69, 9.17) is 9.47 Å². The largest absolute Gasteiger partial charge is 0.387 e. The molecule has 2 aliphatic heterocycles. The molecule has 0 aromatic heterocycles. The summed E-state index contributed by atoms with van der Waals surface area (Å²) in [5.41, 5.74) is -0.627. The van der Waals surface area contributed by atoms with Gasteiger partial charge in [-0.25, -0.2) is 0 Å². The Bertz CT molecular complexity index is 397. The van der Waals surface area contributed by atoms with Crippen LogP contribution in [0.5, 0.6) is 0 Å². The van der Waals surface area contributed by atoms with E-state index < -0.39 is 5.60 Å². The van der Waals surface area contributed by atoms with Crippen molar-refractivity contribution in [2.75, 3.05) is 6.61 Å². The van der Waals surface area contributed by atoms with Gasteiger partial charge in [0.25, 0.3) is 0 Å². The first-order chi connectivity index (χ1) is 8.95. The van der Waals surface area contributed by atoms with Crippen molar-refractivity contribution in [1.29, 1.82) is 0 Å². The molecule has 0 spiro atoms. The van der Waals surface area contributed by atoms with E-state index >= 15 is 0 Å². The lowest BCUT2D eigenvalue weighted by atomic mass is 9.57. The molecule has 0 aromatic carbocycles. The molecule has 3 nitrogen and oxygen atoms in total. The van der Waals surface area contributed by atoms with Crippen LogP contribution in [0, 0.1) is 23.7 Å². The van der Waals surface area contributed by atoms with E-state index in [0.717, 1.165) is 25.9 Å². The van der Waals surface area contributed by atoms with Crippen molar-refractivity contribution in [3.8, 4) is 0 Å². The van der Waals surface area contributed by atoms with E-state index in [1.165, 1.54) is 6.42 Å². The van der Waals surface area contributed by atoms with Gasteiger partial charge in [0.15, 0.2) is 0 Å². The minimum atomic E-state index is -0.602. The molecule has 0 amide bonds. The Morgan fingerprint density at radius 2 is 1.84 bits per heavy atom. The van der Waals surface area contributed by atoms with Crippen LogP contribution in [0.1, 0.15) is 46.5 Å². The second kappa shape index (κ2) is 3.75. The van der Waals surface area contributed by atoms with Crippen molar-refractivity contribution in [2.24, 2.45) is 23.7 Å². The summed E-state index contributed by atoms with van der Waals surface area (Å²) in [4.78, 5) is 0. The molecule has 2 heterocycles. The molecule has 3 heteroatoms. The first kappa shape index (κ1) is 12.6. The van der Waals surface area contributed by atoms with E-state index in [0.29, 0.717) is 29.8 Å². The van der Waals surface area contributed by atoms with Gasteiger partial charge in [-0.2, -0.15) is 0 Å². The smallest absolute Gasteiger partial charge is 0.0972 e. The molecule has 4 aliphatic rings. The van der Waals surface area contributed by atoms with Crippen LogP contribution in [0.25, 0.3) is 0 Å². The predicted molar refractivity (Wildman–Crippen MR) is 71.7 cm³/mol. The number of rotatable bonds is 0. The van der Waals surface area contributed by atoms with Gasteiger partial charge in [-0.3, -0.25) is 0 Å². The van der Waals surface area contributed by atoms with Crippen molar-refractivity contribution in [1.82, 2.24) is 0 Å². The Labute approximate surface area is 115 Å². The molecule has 4 rings (SSSR count). The number of ether oxygens (including phenoxy) is 2. The standard InChI is InChI=1S/C16H26O3/c1-9-4-5-11-10(2)8-18-14-7-15(3)13(19-15)6-12(9)16(11,14)17/h9-14,17H,4-8H2,1-3H3/t9-,10+,11+,12+,13+,14+,15-,16-/m1/s1. The van der Waals surface area contributed by atoms with Crippen molar-refractivity contribution in [2.45, 2.75) is 69.9 Å². The lowest BCUT2D eigenvalue weighted by Crippen LogP contribution is -2.64. The van der Waals surface area contributed by atoms with Gasteiger partial charge in [0.1, 0.15) is 0 Å². The third kappa shape index (κ3) is 1.55. The second-order valence-corrected chi connectivity index (χ2v) is 7.81. The average Bonchev–Trinajstić information content (AvgIpc) is 2.99. The molecular weight excluding hydrogens is 240 g/mol. The van der Waals surface area contributed by atoms with E-state index in [2.05, 4.69) is 20.8 Å². The van der Waals surface area contributed by atoms with Crippen LogP contribution >= 0.6 is 0 Å². The molecule has 4 fully saturated rings. The van der Waals surface area contributed by atoms with Crippen molar-refractivity contribution < 1.29 is 14.6 Å². The van der Waals surface area contributed by atoms with Gasteiger partial charge >= 0.3 is 0 Å². The molecule has 2 saturated heterocycles. The van der Waals surface area contributed by atoms with Crippen LogP contribution in [-0.4, -0.2) is 35.1 Å². The third-order valence-corrected chi connectivity index (χ3v) is 6.66. The lowest BCUT2D eigenvalue weighted by Gasteiger charge is -2.56. The number of fused-ring (bicyclic) bond motifs is 1. The molecule has 8 atom stereocenters. The topological polar surface area (TPSA) is 42.0 Å². The fraction of sp³-hybridized carbons (Fsp3) is 1.00. The van der Waals surface area contributed by atoms with Crippen LogP contribution < -0.4 is 0 Å². The number of epoxide rings is 1. The maximum atomic E-state index is 11.6. The summed E-state index contributed by atoms with van der Waals surface area (Å²) < 4.78 is 12.0. The average molecular weight is 266 g/mol. The highest BCUT2D eigenvalue weighted by Crippen LogP contribution is 2.59. The molecule has 0 radical (unpaired) electrons. The van der Waals surface area contributed by atoms with Crippen molar-refractivity contribution in [3.63, 3.8) is 0 Å². The molecule has 2 aliphatic carbocycles. The number of hydrogen-bond acceptors (Lipinski definition) is 3. The monoisotopic (exact) mass is 266 g/mol. The van der Waals surface area contributed by atoms with Crippen molar-refractivity contribution in [3.05, 3.63) is 0 Å². The zero-order valence-corrected chi connectivity index (χ0v) is 12.3. The van der Waals surface area contributed by atoms with Crippen LogP contribution in [0.3, 0.4) is 0 Å². The quantitative estimate of drug-likeness (QED) is 0.684. The number of aliphatic hydroxyl groups is 1. The summed E-state index contributed by atoms with van der Waals surface area (Å²) in [6.45, 7) is 7.55. The van der Waals surface area contributed by atoms with Crippen molar-refractivity contribution >= 4 is 0 Å². The highest BCUT2D eigenvalue weighted by Gasteiger charge is 2.67. The summed E-state index contributed by atoms with van der Waals surface area (Å²) in [5.74, 6) is 1.85. The lowest BCUT2D eigenvalue weighted by molar-refractivity contribution is -0.249. The van der Waals surface area contributed by atoms with E-state index in [-0.39, 0.29) is 11.7 Å². The minimum absolute atomic E-state index is 0.0149. The van der Waals surface area contributed by atoms with E-state index in [1.807, 2.05) is 0 Å². The summed E-state index contributed by atoms with van der Waals surface area (Å²) in [6.07, 6.45) is 4.65. The van der Waals surface area contributed by atoms with Gasteiger partial charge in [0.05, 0.1) is 30.0 Å². The molecule has 0 bridgehead atoms. The van der Waals surface area contributed by atoms with Crippen LogP contribution in [0.4, 0.5) is 0 Å². The van der Waals surface area contributed by atoms with Gasteiger partial charge in [-0.15, -0.1) is 0 Å². The highest BCUT2D eigenvalue weighted by molar-refractivity contribution is 5.16. The predicted octanol–water partition coefficient (Wildman–Crippen LogP) is 2.37. The molecule has 108 valence electrons. The van der Waals surface area contributed by atoms with Crippen LogP contribution in [0.15, 0.2) is 0 Å². The Hall–Kier alpha value is -0.120. The maximum Gasteiger partial charge on any atom is 0.0972 e. The van der Waals surface area contributed by atoms with Crippen LogP contribution in [0.2, 0.25) is 0 Å². The molecule has 2 saturated carbocycles. The molecular formula is C16H26O3. The zero-order valence-electron chi connectivity index (χ0n) is 12.3. The summed E-state index contributed by atoms with van der Waals surface area (Å²) in [5, 5.41) is 11.6. The molecule has 1 N–H and O–H groups in total. The third-order valence-electron chi connectivity index (χ3n) is 6.66. The SMILES string of the molecule is C[C@@H]1CC[C@H]2[C@@H](C)CO[C@H]3C[C@@]4(C)O[C@H]4C[C@@H]1[C@@]32O. The Kier molecular flexibility index (Phi) is 2.49. The fourth-order valence-electron chi connectivity index (χ4n) is 5.35. The second-order valence-electron chi connectivity index (χ2n) is 7.81. The van der Waals surface area contributed by atoms with E-state index in [1.54, 1.807) is 0 Å². The molecule has 0 aromatic rings.